The molecule has 0 aliphatic heterocycles. The fourth-order valence-electron chi connectivity index (χ4n) is 1.78. The lowest BCUT2D eigenvalue weighted by Gasteiger charge is -2.28. The standard InChI is InChI=1S/C12H22N2O3S/c1-9-6-11(10(2)17-9)18(15,16)14(5)8-12(3,4)7-13/h6H,7-8,13H2,1-5H3. The summed E-state index contributed by atoms with van der Waals surface area (Å²) >= 11 is 0. The average Bonchev–Trinajstić information content (AvgIpc) is 2.57. The Labute approximate surface area is 109 Å². The molecule has 0 aliphatic carbocycles. The Morgan fingerprint density at radius 2 is 1.94 bits per heavy atom. The lowest BCUT2D eigenvalue weighted by atomic mass is 9.94. The van der Waals surface area contributed by atoms with Crippen molar-refractivity contribution in [1.82, 2.24) is 4.31 Å². The van der Waals surface area contributed by atoms with Gasteiger partial charge in [-0.05, 0) is 31.9 Å². The third-order valence-electron chi connectivity index (χ3n) is 2.89. The molecule has 6 heteroatoms. The maximum Gasteiger partial charge on any atom is 0.246 e. The molecule has 1 heterocycles. The second kappa shape index (κ2) is 5.03. The van der Waals surface area contributed by atoms with Crippen LogP contribution in [0.15, 0.2) is 15.4 Å². The van der Waals surface area contributed by atoms with E-state index in [0.717, 1.165) is 0 Å². The zero-order valence-corrected chi connectivity index (χ0v) is 12.5. The number of hydrogen-bond donors (Lipinski definition) is 1. The summed E-state index contributed by atoms with van der Waals surface area (Å²) in [6.45, 7) is 8.06. The van der Waals surface area contributed by atoms with E-state index < -0.39 is 10.0 Å². The van der Waals surface area contributed by atoms with E-state index in [1.54, 1.807) is 27.0 Å². The summed E-state index contributed by atoms with van der Waals surface area (Å²) in [5.41, 5.74) is 5.38. The Morgan fingerprint density at radius 3 is 2.33 bits per heavy atom. The maximum absolute atomic E-state index is 12.4. The molecule has 0 radical (unpaired) electrons. The molecule has 104 valence electrons. The first kappa shape index (κ1) is 15.2. The van der Waals surface area contributed by atoms with Gasteiger partial charge in [0.25, 0.3) is 0 Å². The van der Waals surface area contributed by atoms with E-state index in [-0.39, 0.29) is 10.3 Å². The van der Waals surface area contributed by atoms with E-state index in [0.29, 0.717) is 24.6 Å². The van der Waals surface area contributed by atoms with Crippen LogP contribution in [0.4, 0.5) is 0 Å². The van der Waals surface area contributed by atoms with Crippen LogP contribution in [0.25, 0.3) is 0 Å². The third-order valence-corrected chi connectivity index (χ3v) is 4.80. The fraction of sp³-hybridized carbons (Fsp3) is 0.667. The molecule has 2 N–H and O–H groups in total. The number of aryl methyl sites for hydroxylation is 2. The lowest BCUT2D eigenvalue weighted by molar-refractivity contribution is 0.291. The predicted octanol–water partition coefficient (Wildman–Crippen LogP) is 1.50. The molecule has 0 amide bonds. The van der Waals surface area contributed by atoms with Crippen LogP contribution in [0.1, 0.15) is 25.4 Å². The SMILES string of the molecule is Cc1cc(S(=O)(=O)N(C)CC(C)(C)CN)c(C)o1. The van der Waals surface area contributed by atoms with Gasteiger partial charge in [0.05, 0.1) is 0 Å². The van der Waals surface area contributed by atoms with Crippen molar-refractivity contribution in [3.63, 3.8) is 0 Å². The molecular weight excluding hydrogens is 252 g/mol. The fourth-order valence-corrected chi connectivity index (χ4v) is 3.36. The monoisotopic (exact) mass is 274 g/mol. The summed E-state index contributed by atoms with van der Waals surface area (Å²) < 4.78 is 31.4. The van der Waals surface area contributed by atoms with Gasteiger partial charge in [-0.3, -0.25) is 0 Å². The van der Waals surface area contributed by atoms with Crippen molar-refractivity contribution in [3.05, 3.63) is 17.6 Å². The van der Waals surface area contributed by atoms with Gasteiger partial charge >= 0.3 is 0 Å². The molecule has 0 aliphatic rings. The van der Waals surface area contributed by atoms with Gasteiger partial charge < -0.3 is 10.2 Å². The largest absolute Gasteiger partial charge is 0.465 e. The normalized spacial score (nSPS) is 13.3. The van der Waals surface area contributed by atoms with Crippen molar-refractivity contribution in [2.24, 2.45) is 11.1 Å². The Morgan fingerprint density at radius 1 is 1.39 bits per heavy atom. The molecule has 0 saturated heterocycles. The molecule has 1 aromatic rings. The zero-order valence-electron chi connectivity index (χ0n) is 11.6. The number of sulfonamides is 1. The van der Waals surface area contributed by atoms with E-state index in [9.17, 15) is 8.42 Å². The minimum atomic E-state index is -3.51. The van der Waals surface area contributed by atoms with Gasteiger partial charge in [0, 0.05) is 13.6 Å². The second-order valence-corrected chi connectivity index (χ2v) is 7.42. The number of furan rings is 1. The number of hydrogen-bond acceptors (Lipinski definition) is 4. The van der Waals surface area contributed by atoms with Crippen LogP contribution >= 0.6 is 0 Å². The van der Waals surface area contributed by atoms with Gasteiger partial charge in [-0.25, -0.2) is 12.7 Å². The van der Waals surface area contributed by atoms with Gasteiger partial charge in [0.15, 0.2) is 0 Å². The summed E-state index contributed by atoms with van der Waals surface area (Å²) in [5, 5.41) is 0. The summed E-state index contributed by atoms with van der Waals surface area (Å²) in [4.78, 5) is 0.232. The van der Waals surface area contributed by atoms with Crippen molar-refractivity contribution >= 4 is 10.0 Å². The molecule has 0 saturated carbocycles. The van der Waals surface area contributed by atoms with Crippen molar-refractivity contribution in [3.8, 4) is 0 Å². The average molecular weight is 274 g/mol. The molecular formula is C12H22N2O3S. The molecule has 18 heavy (non-hydrogen) atoms. The van der Waals surface area contributed by atoms with Crippen molar-refractivity contribution < 1.29 is 12.8 Å². The maximum atomic E-state index is 12.4. The number of nitrogens with two attached hydrogens (primary N) is 1. The van der Waals surface area contributed by atoms with Crippen LogP contribution in [-0.2, 0) is 10.0 Å². The first-order chi connectivity index (χ1) is 8.10. The van der Waals surface area contributed by atoms with Crippen LogP contribution < -0.4 is 5.73 Å². The number of nitrogens with zero attached hydrogens (tertiary/aromatic N) is 1. The molecule has 1 aromatic heterocycles. The minimum Gasteiger partial charge on any atom is -0.465 e. The minimum absolute atomic E-state index is 0.232. The molecule has 0 spiro atoms. The van der Waals surface area contributed by atoms with Gasteiger partial charge in [-0.15, -0.1) is 0 Å². The zero-order chi connectivity index (χ0) is 14.1. The topological polar surface area (TPSA) is 76.5 Å². The van der Waals surface area contributed by atoms with Gasteiger partial charge in [0.1, 0.15) is 16.4 Å². The third kappa shape index (κ3) is 3.13. The summed E-state index contributed by atoms with van der Waals surface area (Å²) in [6, 6.07) is 1.55. The Kier molecular flexibility index (Phi) is 4.25. The van der Waals surface area contributed by atoms with Crippen LogP contribution in [-0.4, -0.2) is 32.9 Å². The van der Waals surface area contributed by atoms with Crippen molar-refractivity contribution in [2.45, 2.75) is 32.6 Å². The first-order valence-corrected chi connectivity index (χ1v) is 7.27. The highest BCUT2D eigenvalue weighted by atomic mass is 32.2. The predicted molar refractivity (Wildman–Crippen MR) is 70.8 cm³/mol. The molecule has 0 bridgehead atoms. The molecule has 0 aromatic carbocycles. The molecule has 0 fully saturated rings. The highest BCUT2D eigenvalue weighted by molar-refractivity contribution is 7.89. The van der Waals surface area contributed by atoms with E-state index >= 15 is 0 Å². The van der Waals surface area contributed by atoms with Crippen molar-refractivity contribution in [1.29, 1.82) is 0 Å². The van der Waals surface area contributed by atoms with E-state index in [2.05, 4.69) is 0 Å². The molecule has 0 unspecified atom stereocenters. The van der Waals surface area contributed by atoms with Gasteiger partial charge in [0.2, 0.25) is 10.0 Å². The van der Waals surface area contributed by atoms with Gasteiger partial charge in [-0.1, -0.05) is 13.8 Å². The van der Waals surface area contributed by atoms with Crippen LogP contribution in [0.2, 0.25) is 0 Å². The quantitative estimate of drug-likeness (QED) is 0.882. The van der Waals surface area contributed by atoms with E-state index in [1.807, 2.05) is 13.8 Å². The molecule has 0 atom stereocenters. The molecule has 1 rings (SSSR count). The Bertz CT molecular complexity index is 517. The highest BCUT2D eigenvalue weighted by Crippen LogP contribution is 2.25. The van der Waals surface area contributed by atoms with Crippen molar-refractivity contribution in [2.75, 3.05) is 20.1 Å². The Balaban J connectivity index is 3.04. The van der Waals surface area contributed by atoms with Gasteiger partial charge in [-0.2, -0.15) is 0 Å². The summed E-state index contributed by atoms with van der Waals surface area (Å²) in [7, 11) is -1.94. The van der Waals surface area contributed by atoms with Crippen LogP contribution in [0.5, 0.6) is 0 Å². The highest BCUT2D eigenvalue weighted by Gasteiger charge is 2.29. The molecule has 5 nitrogen and oxygen atoms in total. The Hall–Kier alpha value is -0.850. The summed E-state index contributed by atoms with van der Waals surface area (Å²) in [5.74, 6) is 1.02. The van der Waals surface area contributed by atoms with E-state index in [4.69, 9.17) is 10.2 Å². The van der Waals surface area contributed by atoms with E-state index in [1.165, 1.54) is 4.31 Å². The first-order valence-electron chi connectivity index (χ1n) is 5.83. The van der Waals surface area contributed by atoms with Crippen LogP contribution in [0.3, 0.4) is 0 Å². The number of rotatable bonds is 5. The smallest absolute Gasteiger partial charge is 0.246 e. The second-order valence-electron chi connectivity index (χ2n) is 5.41. The lowest BCUT2D eigenvalue weighted by Crippen LogP contribution is -2.39. The van der Waals surface area contributed by atoms with Crippen LogP contribution in [0, 0.1) is 19.3 Å². The summed E-state index contributed by atoms with van der Waals surface area (Å²) in [6.07, 6.45) is 0.